The maximum absolute atomic E-state index is 6.15. The third-order valence-electron chi connectivity index (χ3n) is 4.01. The summed E-state index contributed by atoms with van der Waals surface area (Å²) >= 11 is 12.3. The highest BCUT2D eigenvalue weighted by atomic mass is 35.5. The van der Waals surface area contributed by atoms with E-state index in [4.69, 9.17) is 23.2 Å². The van der Waals surface area contributed by atoms with Crippen LogP contribution in [0.5, 0.6) is 0 Å². The first kappa shape index (κ1) is 14.5. The summed E-state index contributed by atoms with van der Waals surface area (Å²) in [5.41, 5.74) is 2.91. The quantitative estimate of drug-likeness (QED) is 0.691. The Morgan fingerprint density at radius 1 is 1.09 bits per heavy atom. The van der Waals surface area contributed by atoms with Crippen molar-refractivity contribution in [3.63, 3.8) is 0 Å². The first-order chi connectivity index (χ1) is 11.1. The van der Waals surface area contributed by atoms with Gasteiger partial charge in [-0.1, -0.05) is 42.3 Å². The van der Waals surface area contributed by atoms with Crippen LogP contribution in [0.2, 0.25) is 10.0 Å². The second-order valence-electron chi connectivity index (χ2n) is 5.67. The molecule has 2 heterocycles. The molecule has 1 N–H and O–H groups in total. The molecule has 1 aromatic heterocycles. The van der Waals surface area contributed by atoms with Crippen molar-refractivity contribution < 1.29 is 0 Å². The maximum atomic E-state index is 6.15. The lowest BCUT2D eigenvalue weighted by atomic mass is 10.1. The number of halogens is 2. The van der Waals surface area contributed by atoms with E-state index in [1.165, 1.54) is 0 Å². The topological polar surface area (TPSA) is 42.7 Å². The van der Waals surface area contributed by atoms with E-state index in [0.717, 1.165) is 35.1 Å². The number of aromatic nitrogens is 3. The van der Waals surface area contributed by atoms with Gasteiger partial charge in [0.05, 0.1) is 11.4 Å². The van der Waals surface area contributed by atoms with E-state index in [0.29, 0.717) is 10.0 Å². The fourth-order valence-corrected chi connectivity index (χ4v) is 3.23. The fraction of sp³-hybridized carbons (Fsp3) is 0.176. The van der Waals surface area contributed by atoms with Crippen LogP contribution in [0.25, 0.3) is 17.1 Å². The largest absolute Gasteiger partial charge is 0.383 e. The van der Waals surface area contributed by atoms with E-state index >= 15 is 0 Å². The minimum absolute atomic E-state index is 0.224. The Kier molecular flexibility index (Phi) is 3.51. The van der Waals surface area contributed by atoms with Gasteiger partial charge in [-0.25, -0.2) is 0 Å². The molecular formula is C17H14Cl2N4. The molecule has 0 spiro atoms. The molecule has 3 aromatic rings. The monoisotopic (exact) mass is 344 g/mol. The summed E-state index contributed by atoms with van der Waals surface area (Å²) in [5, 5.41) is 13.7. The number of hydrogen-bond donors (Lipinski definition) is 1. The van der Waals surface area contributed by atoms with E-state index in [9.17, 15) is 0 Å². The Morgan fingerprint density at radius 2 is 1.91 bits per heavy atom. The molecule has 4 rings (SSSR count). The Labute approximate surface area is 144 Å². The summed E-state index contributed by atoms with van der Waals surface area (Å²) in [5.74, 6) is 1.93. The third kappa shape index (κ3) is 2.48. The van der Waals surface area contributed by atoms with Crippen molar-refractivity contribution >= 4 is 28.9 Å². The summed E-state index contributed by atoms with van der Waals surface area (Å²) in [6.45, 7) is 2.91. The average molecular weight is 345 g/mol. The summed E-state index contributed by atoms with van der Waals surface area (Å²) in [6.07, 6.45) is 0. The number of benzene rings is 2. The lowest BCUT2D eigenvalue weighted by Gasteiger charge is -2.12. The number of fused-ring (bicyclic) bond motifs is 3. The Hall–Kier alpha value is -2.04. The zero-order chi connectivity index (χ0) is 16.0. The molecule has 1 aliphatic rings. The van der Waals surface area contributed by atoms with Crippen LogP contribution >= 0.6 is 23.2 Å². The molecule has 0 saturated carbocycles. The van der Waals surface area contributed by atoms with Gasteiger partial charge >= 0.3 is 0 Å². The predicted octanol–water partition coefficient (Wildman–Crippen LogP) is 4.77. The van der Waals surface area contributed by atoms with Crippen molar-refractivity contribution in [2.24, 2.45) is 0 Å². The van der Waals surface area contributed by atoms with Gasteiger partial charge in [0.15, 0.2) is 5.82 Å². The summed E-state index contributed by atoms with van der Waals surface area (Å²) in [7, 11) is 0. The van der Waals surface area contributed by atoms with E-state index in [1.54, 1.807) is 0 Å². The molecule has 0 radical (unpaired) electrons. The molecule has 116 valence electrons. The highest BCUT2D eigenvalue weighted by Gasteiger charge is 2.25. The molecule has 0 amide bonds. The molecule has 0 fully saturated rings. The van der Waals surface area contributed by atoms with Gasteiger partial charge < -0.3 is 5.32 Å². The first-order valence-electron chi connectivity index (χ1n) is 7.38. The smallest absolute Gasteiger partial charge is 0.168 e. The molecule has 2 aromatic carbocycles. The average Bonchev–Trinajstić information content (AvgIpc) is 2.92. The molecular weight excluding hydrogens is 331 g/mol. The number of nitrogens with zero attached hydrogens (tertiary/aromatic N) is 3. The van der Waals surface area contributed by atoms with Crippen LogP contribution in [-0.2, 0) is 0 Å². The van der Waals surface area contributed by atoms with Gasteiger partial charge in [0, 0.05) is 28.1 Å². The number of nitrogens with one attached hydrogen (secondary N) is 1. The Bertz CT molecular complexity index is 888. The third-order valence-corrected chi connectivity index (χ3v) is 4.48. The van der Waals surface area contributed by atoms with E-state index < -0.39 is 0 Å². The fourth-order valence-electron chi connectivity index (χ4n) is 2.87. The molecule has 6 heteroatoms. The Morgan fingerprint density at radius 3 is 2.74 bits per heavy atom. The normalized spacial score (nSPS) is 16.2. The minimum atomic E-state index is 0.224. The molecule has 1 unspecified atom stereocenters. The van der Waals surface area contributed by atoms with Crippen molar-refractivity contribution in [1.82, 2.24) is 14.8 Å². The second kappa shape index (κ2) is 5.55. The second-order valence-corrected chi connectivity index (χ2v) is 6.54. The molecule has 4 nitrogen and oxygen atoms in total. The summed E-state index contributed by atoms with van der Waals surface area (Å²) in [6, 6.07) is 13.5. The van der Waals surface area contributed by atoms with E-state index in [-0.39, 0.29) is 5.92 Å². The molecule has 0 aliphatic carbocycles. The van der Waals surface area contributed by atoms with Gasteiger partial charge in [0.25, 0.3) is 0 Å². The van der Waals surface area contributed by atoms with Crippen molar-refractivity contribution in [2.45, 2.75) is 12.8 Å². The standard InChI is InChI=1S/C17H14Cl2N4/c1-10-9-20-14-8-13(19)5-6-15(14)23-16(10)21-22-17(23)11-3-2-4-12(18)7-11/h2-8,10,20H,9H2,1H3. The molecule has 1 atom stereocenters. The lowest BCUT2D eigenvalue weighted by molar-refractivity contribution is 0.725. The number of anilines is 1. The van der Waals surface area contributed by atoms with Crippen molar-refractivity contribution in [1.29, 1.82) is 0 Å². The highest BCUT2D eigenvalue weighted by molar-refractivity contribution is 6.31. The first-order valence-corrected chi connectivity index (χ1v) is 8.14. The van der Waals surface area contributed by atoms with Crippen LogP contribution in [0.3, 0.4) is 0 Å². The van der Waals surface area contributed by atoms with Crippen molar-refractivity contribution in [2.75, 3.05) is 11.9 Å². The van der Waals surface area contributed by atoms with E-state index in [1.807, 2.05) is 42.5 Å². The van der Waals surface area contributed by atoms with Crippen molar-refractivity contribution in [3.05, 3.63) is 58.3 Å². The van der Waals surface area contributed by atoms with Gasteiger partial charge in [-0.2, -0.15) is 0 Å². The van der Waals surface area contributed by atoms with Gasteiger partial charge in [-0.3, -0.25) is 4.57 Å². The maximum Gasteiger partial charge on any atom is 0.168 e. The summed E-state index contributed by atoms with van der Waals surface area (Å²) in [4.78, 5) is 0. The van der Waals surface area contributed by atoms with Crippen LogP contribution in [0.1, 0.15) is 18.7 Å². The highest BCUT2D eigenvalue weighted by Crippen LogP contribution is 2.35. The molecule has 0 bridgehead atoms. The van der Waals surface area contributed by atoms with Crippen LogP contribution in [0.15, 0.2) is 42.5 Å². The van der Waals surface area contributed by atoms with Gasteiger partial charge in [0.2, 0.25) is 0 Å². The van der Waals surface area contributed by atoms with Gasteiger partial charge in [-0.15, -0.1) is 10.2 Å². The van der Waals surface area contributed by atoms with Gasteiger partial charge in [-0.05, 0) is 30.3 Å². The molecule has 23 heavy (non-hydrogen) atoms. The van der Waals surface area contributed by atoms with Gasteiger partial charge in [0.1, 0.15) is 5.82 Å². The van der Waals surface area contributed by atoms with Crippen LogP contribution in [0, 0.1) is 0 Å². The number of rotatable bonds is 1. The SMILES string of the molecule is CC1CNc2cc(Cl)ccc2-n2c(-c3cccc(Cl)c3)nnc21. The van der Waals surface area contributed by atoms with E-state index in [2.05, 4.69) is 27.0 Å². The molecule has 1 aliphatic heterocycles. The Balaban J connectivity index is 1.99. The number of hydrogen-bond acceptors (Lipinski definition) is 3. The van der Waals surface area contributed by atoms with Crippen LogP contribution in [0.4, 0.5) is 5.69 Å². The zero-order valence-corrected chi connectivity index (χ0v) is 13.9. The predicted molar refractivity (Wildman–Crippen MR) is 93.7 cm³/mol. The molecule has 0 saturated heterocycles. The van der Waals surface area contributed by atoms with Crippen LogP contribution in [-0.4, -0.2) is 21.3 Å². The van der Waals surface area contributed by atoms with Crippen LogP contribution < -0.4 is 5.32 Å². The summed E-state index contributed by atoms with van der Waals surface area (Å²) < 4.78 is 2.09. The minimum Gasteiger partial charge on any atom is -0.383 e. The lowest BCUT2D eigenvalue weighted by Crippen LogP contribution is -2.09. The zero-order valence-electron chi connectivity index (χ0n) is 12.4. The van der Waals surface area contributed by atoms with Crippen molar-refractivity contribution in [3.8, 4) is 17.1 Å².